The van der Waals surface area contributed by atoms with E-state index in [0.717, 1.165) is 38.0 Å². The van der Waals surface area contributed by atoms with E-state index in [9.17, 15) is 4.79 Å². The predicted octanol–water partition coefficient (Wildman–Crippen LogP) is 1.05. The quantitative estimate of drug-likeness (QED) is 0.746. The van der Waals surface area contributed by atoms with E-state index in [1.807, 2.05) is 0 Å². The number of nitrogens with one attached hydrogen (secondary N) is 2. The van der Waals surface area contributed by atoms with E-state index in [4.69, 9.17) is 5.11 Å². The Morgan fingerprint density at radius 3 is 2.61 bits per heavy atom. The molecule has 4 heteroatoms. The Kier molecular flexibility index (Phi) is 4.59. The van der Waals surface area contributed by atoms with Crippen molar-refractivity contribution in [3.63, 3.8) is 0 Å². The fourth-order valence-corrected chi connectivity index (χ4v) is 2.21. The highest BCUT2D eigenvalue weighted by molar-refractivity contribution is 5.78. The lowest BCUT2D eigenvalue weighted by molar-refractivity contribution is -0.120. The fourth-order valence-electron chi connectivity index (χ4n) is 2.21. The average molecular weight is 248 g/mol. The fraction of sp³-hybridized carbons (Fsp3) is 0.500. The molecule has 2 rings (SSSR count). The molecule has 1 fully saturated rings. The summed E-state index contributed by atoms with van der Waals surface area (Å²) in [5.74, 6) is 0.892. The monoisotopic (exact) mass is 248 g/mol. The van der Waals surface area contributed by atoms with Crippen molar-refractivity contribution in [1.82, 2.24) is 10.6 Å². The highest BCUT2D eigenvalue weighted by Gasteiger charge is 2.13. The van der Waals surface area contributed by atoms with Gasteiger partial charge in [-0.25, -0.2) is 0 Å². The Morgan fingerprint density at radius 2 is 1.94 bits per heavy atom. The minimum atomic E-state index is 0.0548. The summed E-state index contributed by atoms with van der Waals surface area (Å²) in [4.78, 5) is 11.8. The molecule has 3 N–H and O–H groups in total. The molecule has 0 atom stereocenters. The van der Waals surface area contributed by atoms with Gasteiger partial charge in [-0.3, -0.25) is 4.79 Å². The third kappa shape index (κ3) is 4.04. The number of carbonyl (C=O) groups is 1. The van der Waals surface area contributed by atoms with Crippen LogP contribution in [0.2, 0.25) is 0 Å². The predicted molar refractivity (Wildman–Crippen MR) is 70.4 cm³/mol. The summed E-state index contributed by atoms with van der Waals surface area (Å²) >= 11 is 0. The van der Waals surface area contributed by atoms with Crippen molar-refractivity contribution in [2.75, 3.05) is 19.6 Å². The minimum Gasteiger partial charge on any atom is -0.508 e. The number of benzene rings is 1. The smallest absolute Gasteiger partial charge is 0.224 e. The van der Waals surface area contributed by atoms with E-state index in [1.165, 1.54) is 0 Å². The Balaban J connectivity index is 1.73. The van der Waals surface area contributed by atoms with Crippen LogP contribution in [0, 0.1) is 5.92 Å². The maximum absolute atomic E-state index is 11.8. The first-order chi connectivity index (χ1) is 8.74. The summed E-state index contributed by atoms with van der Waals surface area (Å²) in [6.07, 6.45) is 2.66. The molecule has 1 aliphatic rings. The van der Waals surface area contributed by atoms with Gasteiger partial charge in [0.2, 0.25) is 5.91 Å². The summed E-state index contributed by atoms with van der Waals surface area (Å²) in [7, 11) is 0. The normalized spacial score (nSPS) is 16.4. The first kappa shape index (κ1) is 12.9. The van der Waals surface area contributed by atoms with Crippen LogP contribution in [-0.4, -0.2) is 30.6 Å². The van der Waals surface area contributed by atoms with Crippen molar-refractivity contribution in [3.05, 3.63) is 29.8 Å². The second-order valence-corrected chi connectivity index (χ2v) is 4.84. The Labute approximate surface area is 107 Å². The van der Waals surface area contributed by atoms with Gasteiger partial charge < -0.3 is 15.7 Å². The second kappa shape index (κ2) is 6.40. The van der Waals surface area contributed by atoms with Crippen LogP contribution in [0.5, 0.6) is 5.75 Å². The van der Waals surface area contributed by atoms with Crippen LogP contribution in [0.1, 0.15) is 18.4 Å². The topological polar surface area (TPSA) is 61.4 Å². The molecule has 98 valence electrons. The maximum atomic E-state index is 11.8. The van der Waals surface area contributed by atoms with Gasteiger partial charge in [-0.15, -0.1) is 0 Å². The molecule has 1 amide bonds. The van der Waals surface area contributed by atoms with Gasteiger partial charge in [0.25, 0.3) is 0 Å². The van der Waals surface area contributed by atoms with E-state index in [0.29, 0.717) is 12.3 Å². The Morgan fingerprint density at radius 1 is 1.28 bits per heavy atom. The van der Waals surface area contributed by atoms with E-state index >= 15 is 0 Å². The lowest BCUT2D eigenvalue weighted by Crippen LogP contribution is -2.36. The average Bonchev–Trinajstić information content (AvgIpc) is 2.40. The SMILES string of the molecule is O=C(Cc1ccc(O)cc1)NCC1CCNCC1. The summed E-state index contributed by atoms with van der Waals surface area (Å²) in [5, 5.41) is 15.5. The first-order valence-electron chi connectivity index (χ1n) is 6.49. The maximum Gasteiger partial charge on any atom is 0.224 e. The van der Waals surface area contributed by atoms with Crippen molar-refractivity contribution in [1.29, 1.82) is 0 Å². The number of aromatic hydroxyl groups is 1. The number of piperidine rings is 1. The molecule has 1 heterocycles. The molecule has 0 aliphatic carbocycles. The zero-order valence-electron chi connectivity index (χ0n) is 10.5. The lowest BCUT2D eigenvalue weighted by Gasteiger charge is -2.22. The zero-order chi connectivity index (χ0) is 12.8. The zero-order valence-corrected chi connectivity index (χ0v) is 10.5. The lowest BCUT2D eigenvalue weighted by atomic mass is 9.98. The first-order valence-corrected chi connectivity index (χ1v) is 6.49. The highest BCUT2D eigenvalue weighted by Crippen LogP contribution is 2.11. The molecule has 1 aromatic carbocycles. The molecular weight excluding hydrogens is 228 g/mol. The van der Waals surface area contributed by atoms with Crippen molar-refractivity contribution in [2.45, 2.75) is 19.3 Å². The van der Waals surface area contributed by atoms with Crippen molar-refractivity contribution in [2.24, 2.45) is 5.92 Å². The van der Waals surface area contributed by atoms with Crippen LogP contribution in [-0.2, 0) is 11.2 Å². The number of hydrogen-bond donors (Lipinski definition) is 3. The van der Waals surface area contributed by atoms with Gasteiger partial charge in [-0.1, -0.05) is 12.1 Å². The minimum absolute atomic E-state index is 0.0548. The van der Waals surface area contributed by atoms with Gasteiger partial charge in [0.05, 0.1) is 6.42 Å². The van der Waals surface area contributed by atoms with Gasteiger partial charge in [-0.2, -0.15) is 0 Å². The van der Waals surface area contributed by atoms with Crippen LogP contribution in [0.4, 0.5) is 0 Å². The van der Waals surface area contributed by atoms with E-state index in [2.05, 4.69) is 10.6 Å². The van der Waals surface area contributed by atoms with E-state index in [-0.39, 0.29) is 11.7 Å². The van der Waals surface area contributed by atoms with Crippen LogP contribution in [0.25, 0.3) is 0 Å². The van der Waals surface area contributed by atoms with Crippen LogP contribution < -0.4 is 10.6 Å². The van der Waals surface area contributed by atoms with E-state index < -0.39 is 0 Å². The molecule has 1 aromatic rings. The van der Waals surface area contributed by atoms with Crippen LogP contribution >= 0.6 is 0 Å². The summed E-state index contributed by atoms with van der Waals surface area (Å²) in [6, 6.07) is 6.77. The molecule has 0 bridgehead atoms. The summed E-state index contributed by atoms with van der Waals surface area (Å²) in [6.45, 7) is 2.88. The third-order valence-corrected chi connectivity index (χ3v) is 3.35. The van der Waals surface area contributed by atoms with Crippen LogP contribution in [0.3, 0.4) is 0 Å². The largest absolute Gasteiger partial charge is 0.508 e. The number of phenols is 1. The van der Waals surface area contributed by atoms with Gasteiger partial charge in [0, 0.05) is 6.54 Å². The van der Waals surface area contributed by atoms with Gasteiger partial charge >= 0.3 is 0 Å². The van der Waals surface area contributed by atoms with Crippen molar-refractivity contribution < 1.29 is 9.90 Å². The van der Waals surface area contributed by atoms with Crippen molar-refractivity contribution in [3.8, 4) is 5.75 Å². The number of amides is 1. The molecule has 1 aliphatic heterocycles. The molecular formula is C14H20N2O2. The standard InChI is InChI=1S/C14H20N2O2/c17-13-3-1-11(2-4-13)9-14(18)16-10-12-5-7-15-8-6-12/h1-4,12,15,17H,5-10H2,(H,16,18). The highest BCUT2D eigenvalue weighted by atomic mass is 16.3. The number of rotatable bonds is 4. The Bertz CT molecular complexity index is 383. The van der Waals surface area contributed by atoms with Gasteiger partial charge in [0.1, 0.15) is 5.75 Å². The van der Waals surface area contributed by atoms with Crippen LogP contribution in [0.15, 0.2) is 24.3 Å². The molecule has 18 heavy (non-hydrogen) atoms. The second-order valence-electron chi connectivity index (χ2n) is 4.84. The van der Waals surface area contributed by atoms with Gasteiger partial charge in [-0.05, 0) is 49.5 Å². The molecule has 0 radical (unpaired) electrons. The molecule has 4 nitrogen and oxygen atoms in total. The number of carbonyl (C=O) groups excluding carboxylic acids is 1. The summed E-state index contributed by atoms with van der Waals surface area (Å²) < 4.78 is 0. The molecule has 0 unspecified atom stereocenters. The number of phenolic OH excluding ortho intramolecular Hbond substituents is 1. The number of hydrogen-bond acceptors (Lipinski definition) is 3. The van der Waals surface area contributed by atoms with Gasteiger partial charge in [0.15, 0.2) is 0 Å². The Hall–Kier alpha value is -1.55. The third-order valence-electron chi connectivity index (χ3n) is 3.35. The summed E-state index contributed by atoms with van der Waals surface area (Å²) in [5.41, 5.74) is 0.926. The van der Waals surface area contributed by atoms with E-state index in [1.54, 1.807) is 24.3 Å². The molecule has 0 saturated carbocycles. The molecule has 1 saturated heterocycles. The molecule has 0 spiro atoms. The van der Waals surface area contributed by atoms with Crippen molar-refractivity contribution >= 4 is 5.91 Å². The molecule has 0 aromatic heterocycles.